The summed E-state index contributed by atoms with van der Waals surface area (Å²) < 4.78 is 18.7. The highest BCUT2D eigenvalue weighted by Crippen LogP contribution is 2.14. The molecule has 4 heteroatoms. The highest BCUT2D eigenvalue weighted by atomic mass is 35.5. The summed E-state index contributed by atoms with van der Waals surface area (Å²) in [6.07, 6.45) is 2.23. The van der Waals surface area contributed by atoms with E-state index in [1.54, 1.807) is 12.1 Å². The third kappa shape index (κ3) is 6.01. The van der Waals surface area contributed by atoms with Gasteiger partial charge in [0.25, 0.3) is 0 Å². The Bertz CT molecular complexity index is 333. The number of rotatable bonds is 8. The molecule has 1 N–H and O–H groups in total. The third-order valence-corrected chi connectivity index (χ3v) is 2.62. The predicted molar refractivity (Wildman–Crippen MR) is 68.8 cm³/mol. The van der Waals surface area contributed by atoms with E-state index in [0.717, 1.165) is 26.0 Å². The summed E-state index contributed by atoms with van der Waals surface area (Å²) in [7, 11) is 0. The van der Waals surface area contributed by atoms with Gasteiger partial charge in [-0.2, -0.15) is 0 Å². The zero-order chi connectivity index (χ0) is 12.5. The number of hydrogen-bond donors (Lipinski definition) is 1. The van der Waals surface area contributed by atoms with Gasteiger partial charge in [-0.3, -0.25) is 0 Å². The number of unbranched alkanes of at least 4 members (excludes halogenated alkanes) is 1. The van der Waals surface area contributed by atoms with Crippen molar-refractivity contribution in [3.63, 3.8) is 0 Å². The minimum Gasteiger partial charge on any atom is -0.380 e. The normalized spacial score (nSPS) is 10.8. The molecule has 0 aliphatic carbocycles. The average molecular weight is 260 g/mol. The number of hydrogen-bond acceptors (Lipinski definition) is 2. The SMILES string of the molecule is CCCCOCCNCc1cc(Cl)ccc1F. The first-order valence-corrected chi connectivity index (χ1v) is 6.34. The van der Waals surface area contributed by atoms with E-state index < -0.39 is 0 Å². The summed E-state index contributed by atoms with van der Waals surface area (Å²) in [5.41, 5.74) is 0.589. The van der Waals surface area contributed by atoms with Crippen LogP contribution in [0.5, 0.6) is 0 Å². The van der Waals surface area contributed by atoms with Gasteiger partial charge in [-0.15, -0.1) is 0 Å². The van der Waals surface area contributed by atoms with E-state index in [-0.39, 0.29) is 5.82 Å². The minimum atomic E-state index is -0.228. The zero-order valence-electron chi connectivity index (χ0n) is 10.1. The standard InChI is InChI=1S/C13H19ClFNO/c1-2-3-7-17-8-6-16-10-11-9-12(14)4-5-13(11)15/h4-5,9,16H,2-3,6-8,10H2,1H3. The van der Waals surface area contributed by atoms with Crippen molar-refractivity contribution in [2.24, 2.45) is 0 Å². The lowest BCUT2D eigenvalue weighted by Gasteiger charge is -2.07. The van der Waals surface area contributed by atoms with Gasteiger partial charge in [0.2, 0.25) is 0 Å². The molecular weight excluding hydrogens is 241 g/mol. The van der Waals surface area contributed by atoms with Gasteiger partial charge in [0, 0.05) is 30.3 Å². The molecule has 0 aliphatic heterocycles. The van der Waals surface area contributed by atoms with Crippen LogP contribution in [0, 0.1) is 5.82 Å². The molecule has 0 aliphatic rings. The van der Waals surface area contributed by atoms with E-state index >= 15 is 0 Å². The van der Waals surface area contributed by atoms with Crippen molar-refractivity contribution in [1.29, 1.82) is 0 Å². The van der Waals surface area contributed by atoms with E-state index in [2.05, 4.69) is 12.2 Å². The molecular formula is C13H19ClFNO. The van der Waals surface area contributed by atoms with Crippen LogP contribution in [-0.2, 0) is 11.3 Å². The van der Waals surface area contributed by atoms with Crippen LogP contribution < -0.4 is 5.32 Å². The quantitative estimate of drug-likeness (QED) is 0.723. The molecule has 0 saturated heterocycles. The molecule has 0 fully saturated rings. The number of ether oxygens (including phenoxy) is 1. The van der Waals surface area contributed by atoms with Gasteiger partial charge in [0.1, 0.15) is 5.82 Å². The Hall–Kier alpha value is -0.640. The first-order chi connectivity index (χ1) is 8.24. The molecule has 96 valence electrons. The maximum atomic E-state index is 13.3. The van der Waals surface area contributed by atoms with E-state index in [4.69, 9.17) is 16.3 Å². The van der Waals surface area contributed by atoms with Crippen LogP contribution in [0.1, 0.15) is 25.3 Å². The van der Waals surface area contributed by atoms with Gasteiger partial charge < -0.3 is 10.1 Å². The molecule has 0 amide bonds. The Morgan fingerprint density at radius 2 is 2.18 bits per heavy atom. The van der Waals surface area contributed by atoms with Crippen LogP contribution in [0.2, 0.25) is 5.02 Å². The van der Waals surface area contributed by atoms with Crippen molar-refractivity contribution in [2.75, 3.05) is 19.8 Å². The summed E-state index contributed by atoms with van der Waals surface area (Å²) in [6.45, 7) is 4.77. The summed E-state index contributed by atoms with van der Waals surface area (Å²) in [4.78, 5) is 0. The summed E-state index contributed by atoms with van der Waals surface area (Å²) >= 11 is 5.79. The Morgan fingerprint density at radius 1 is 1.35 bits per heavy atom. The zero-order valence-corrected chi connectivity index (χ0v) is 10.9. The molecule has 1 rings (SSSR count). The molecule has 0 unspecified atom stereocenters. The largest absolute Gasteiger partial charge is 0.380 e. The van der Waals surface area contributed by atoms with Crippen LogP contribution in [0.25, 0.3) is 0 Å². The Kier molecular flexibility index (Phi) is 7.17. The average Bonchev–Trinajstić information content (AvgIpc) is 2.32. The molecule has 0 heterocycles. The number of nitrogens with one attached hydrogen (secondary N) is 1. The van der Waals surface area contributed by atoms with E-state index in [9.17, 15) is 4.39 Å². The van der Waals surface area contributed by atoms with Crippen molar-refractivity contribution in [1.82, 2.24) is 5.32 Å². The second kappa shape index (κ2) is 8.45. The summed E-state index contributed by atoms with van der Waals surface area (Å²) in [6, 6.07) is 4.58. The van der Waals surface area contributed by atoms with Crippen LogP contribution in [0.4, 0.5) is 4.39 Å². The second-order valence-corrected chi connectivity index (χ2v) is 4.31. The Morgan fingerprint density at radius 3 is 2.94 bits per heavy atom. The Labute approximate surface area is 107 Å². The number of halogens is 2. The lowest BCUT2D eigenvalue weighted by atomic mass is 10.2. The first kappa shape index (κ1) is 14.4. The van der Waals surface area contributed by atoms with E-state index in [1.165, 1.54) is 6.07 Å². The Balaban J connectivity index is 2.15. The molecule has 0 aromatic heterocycles. The maximum absolute atomic E-state index is 13.3. The molecule has 0 spiro atoms. The van der Waals surface area contributed by atoms with Crippen molar-refractivity contribution < 1.29 is 9.13 Å². The molecule has 1 aromatic rings. The molecule has 17 heavy (non-hydrogen) atoms. The lowest BCUT2D eigenvalue weighted by Crippen LogP contribution is -2.20. The molecule has 0 radical (unpaired) electrons. The van der Waals surface area contributed by atoms with Crippen LogP contribution in [-0.4, -0.2) is 19.8 Å². The molecule has 0 bridgehead atoms. The van der Waals surface area contributed by atoms with Gasteiger partial charge in [0.05, 0.1) is 6.61 Å². The summed E-state index contributed by atoms with van der Waals surface area (Å²) in [5, 5.41) is 3.68. The maximum Gasteiger partial charge on any atom is 0.127 e. The topological polar surface area (TPSA) is 21.3 Å². The fraction of sp³-hybridized carbons (Fsp3) is 0.538. The van der Waals surface area contributed by atoms with Crippen molar-refractivity contribution >= 4 is 11.6 Å². The van der Waals surface area contributed by atoms with Crippen LogP contribution in [0.3, 0.4) is 0 Å². The smallest absolute Gasteiger partial charge is 0.127 e. The van der Waals surface area contributed by atoms with Crippen LogP contribution >= 0.6 is 11.6 Å². The van der Waals surface area contributed by atoms with Crippen molar-refractivity contribution in [3.05, 3.63) is 34.6 Å². The fourth-order valence-corrected chi connectivity index (χ4v) is 1.59. The fourth-order valence-electron chi connectivity index (χ4n) is 1.39. The molecule has 0 atom stereocenters. The minimum absolute atomic E-state index is 0.228. The highest BCUT2D eigenvalue weighted by Gasteiger charge is 2.01. The third-order valence-electron chi connectivity index (χ3n) is 2.39. The highest BCUT2D eigenvalue weighted by molar-refractivity contribution is 6.30. The number of benzene rings is 1. The second-order valence-electron chi connectivity index (χ2n) is 3.88. The monoisotopic (exact) mass is 259 g/mol. The van der Waals surface area contributed by atoms with Gasteiger partial charge in [-0.05, 0) is 24.6 Å². The van der Waals surface area contributed by atoms with Gasteiger partial charge in [-0.1, -0.05) is 24.9 Å². The van der Waals surface area contributed by atoms with Crippen molar-refractivity contribution in [3.8, 4) is 0 Å². The van der Waals surface area contributed by atoms with Crippen LogP contribution in [0.15, 0.2) is 18.2 Å². The van der Waals surface area contributed by atoms with Gasteiger partial charge in [-0.25, -0.2) is 4.39 Å². The van der Waals surface area contributed by atoms with Crippen molar-refractivity contribution in [2.45, 2.75) is 26.3 Å². The van der Waals surface area contributed by atoms with E-state index in [1.807, 2.05) is 0 Å². The lowest BCUT2D eigenvalue weighted by molar-refractivity contribution is 0.133. The van der Waals surface area contributed by atoms with Gasteiger partial charge >= 0.3 is 0 Å². The molecule has 0 saturated carbocycles. The van der Waals surface area contributed by atoms with E-state index in [0.29, 0.717) is 23.7 Å². The van der Waals surface area contributed by atoms with Gasteiger partial charge in [0.15, 0.2) is 0 Å². The molecule has 1 aromatic carbocycles. The summed E-state index contributed by atoms with van der Waals surface area (Å²) in [5.74, 6) is -0.228. The molecule has 2 nitrogen and oxygen atoms in total. The predicted octanol–water partition coefficient (Wildman–Crippen LogP) is 3.39. The first-order valence-electron chi connectivity index (χ1n) is 5.96.